The summed E-state index contributed by atoms with van der Waals surface area (Å²) in [4.78, 5) is 12.5. The fourth-order valence-electron chi connectivity index (χ4n) is 3.37. The number of hydrogen-bond acceptors (Lipinski definition) is 4. The van der Waals surface area contributed by atoms with Gasteiger partial charge in [-0.15, -0.1) is 0 Å². The fraction of sp³-hybridized carbons (Fsp3) is 0.368. The van der Waals surface area contributed by atoms with Crippen LogP contribution in [-0.2, 0) is 15.7 Å². The van der Waals surface area contributed by atoms with Crippen molar-refractivity contribution in [3.8, 4) is 6.07 Å². The largest absolute Gasteiger partial charge is 0.466 e. The van der Waals surface area contributed by atoms with Gasteiger partial charge in [0.05, 0.1) is 35.8 Å². The van der Waals surface area contributed by atoms with Crippen molar-refractivity contribution in [1.82, 2.24) is 5.32 Å². The van der Waals surface area contributed by atoms with Crippen molar-refractivity contribution in [2.75, 3.05) is 7.11 Å². The molecule has 1 saturated carbocycles. The summed E-state index contributed by atoms with van der Waals surface area (Å²) in [6.07, 6.45) is -3.29. The number of dihydropyridines is 1. The lowest BCUT2D eigenvalue weighted by Crippen LogP contribution is -2.31. The summed E-state index contributed by atoms with van der Waals surface area (Å²) < 4.78 is 59.1. The number of halogens is 4. The first kappa shape index (κ1) is 19.0. The highest BCUT2D eigenvalue weighted by atomic mass is 19.4. The summed E-state index contributed by atoms with van der Waals surface area (Å²) in [6, 6.07) is 4.15. The molecule has 0 saturated heterocycles. The molecule has 0 amide bonds. The summed E-state index contributed by atoms with van der Waals surface area (Å²) in [6.45, 7) is 1.57. The van der Waals surface area contributed by atoms with Crippen molar-refractivity contribution in [3.63, 3.8) is 0 Å². The molecule has 0 radical (unpaired) electrons. The summed E-state index contributed by atoms with van der Waals surface area (Å²) in [7, 11) is 1.13. The van der Waals surface area contributed by atoms with Crippen molar-refractivity contribution < 1.29 is 27.1 Å². The predicted molar refractivity (Wildman–Crippen MR) is 87.4 cm³/mol. The Morgan fingerprint density at radius 2 is 2.00 bits per heavy atom. The third kappa shape index (κ3) is 3.42. The summed E-state index contributed by atoms with van der Waals surface area (Å²) in [5.74, 6) is -3.15. The van der Waals surface area contributed by atoms with Gasteiger partial charge < -0.3 is 10.1 Å². The Hall–Kier alpha value is -2.82. The van der Waals surface area contributed by atoms with Crippen LogP contribution >= 0.6 is 0 Å². The SMILES string of the molecule is COC(=O)C1=C(C2CC2)NC(C)=C(C#N)C1c1ccc(F)cc1C(F)(F)F. The number of ether oxygens (including phenoxy) is 1. The Morgan fingerprint density at radius 3 is 2.52 bits per heavy atom. The molecule has 1 unspecified atom stereocenters. The predicted octanol–water partition coefficient (Wildman–Crippen LogP) is 4.17. The molecule has 27 heavy (non-hydrogen) atoms. The second kappa shape index (κ2) is 6.72. The maximum Gasteiger partial charge on any atom is 0.416 e. The lowest BCUT2D eigenvalue weighted by molar-refractivity contribution is -0.139. The number of esters is 1. The van der Waals surface area contributed by atoms with Crippen molar-refractivity contribution in [1.29, 1.82) is 5.26 Å². The van der Waals surface area contributed by atoms with Crippen LogP contribution in [0.15, 0.2) is 40.7 Å². The molecule has 0 spiro atoms. The first-order chi connectivity index (χ1) is 12.7. The van der Waals surface area contributed by atoms with Crippen LogP contribution in [0, 0.1) is 23.1 Å². The third-order valence-electron chi connectivity index (χ3n) is 4.74. The minimum atomic E-state index is -4.85. The van der Waals surface area contributed by atoms with Gasteiger partial charge in [0.2, 0.25) is 0 Å². The highest BCUT2D eigenvalue weighted by Gasteiger charge is 2.44. The molecule has 2 aliphatic rings. The van der Waals surface area contributed by atoms with E-state index in [-0.39, 0.29) is 22.6 Å². The number of nitriles is 1. The monoisotopic (exact) mass is 380 g/mol. The first-order valence-electron chi connectivity index (χ1n) is 8.26. The topological polar surface area (TPSA) is 62.1 Å². The molecule has 1 heterocycles. The van der Waals surface area contributed by atoms with Gasteiger partial charge in [-0.3, -0.25) is 0 Å². The number of nitrogens with zero attached hydrogens (tertiary/aromatic N) is 1. The van der Waals surface area contributed by atoms with E-state index in [0.717, 1.165) is 32.1 Å². The molecule has 1 fully saturated rings. The Morgan fingerprint density at radius 1 is 1.33 bits per heavy atom. The number of methoxy groups -OCH3 is 1. The molecule has 4 nitrogen and oxygen atoms in total. The van der Waals surface area contributed by atoms with Gasteiger partial charge in [0, 0.05) is 11.4 Å². The normalized spacial score (nSPS) is 20.3. The van der Waals surface area contributed by atoms with E-state index in [1.54, 1.807) is 6.92 Å². The number of carbonyl (C=O) groups excluding carboxylic acids is 1. The van der Waals surface area contributed by atoms with Crippen molar-refractivity contribution >= 4 is 5.97 Å². The maximum atomic E-state index is 13.6. The molecule has 142 valence electrons. The fourth-order valence-corrected chi connectivity index (χ4v) is 3.37. The van der Waals surface area contributed by atoms with Crippen LogP contribution in [0.25, 0.3) is 0 Å². The molecule has 8 heteroatoms. The zero-order valence-corrected chi connectivity index (χ0v) is 14.6. The standard InChI is InChI=1S/C19H16F4N2O2/c1-9-13(8-24)15(12-6-5-11(20)7-14(12)19(21,22)23)16(18(26)27-2)17(25-9)10-3-4-10/h5-7,10,15,25H,3-4H2,1-2H3. The Kier molecular flexibility index (Phi) is 4.72. The van der Waals surface area contributed by atoms with E-state index in [2.05, 4.69) is 5.32 Å². The smallest absolute Gasteiger partial charge is 0.416 e. The van der Waals surface area contributed by atoms with Crippen molar-refractivity contribution in [2.24, 2.45) is 5.92 Å². The van der Waals surface area contributed by atoms with Crippen molar-refractivity contribution in [2.45, 2.75) is 31.9 Å². The number of benzene rings is 1. The average molecular weight is 380 g/mol. The zero-order valence-electron chi connectivity index (χ0n) is 14.6. The molecule has 1 aliphatic heterocycles. The minimum absolute atomic E-state index is 0.00780. The van der Waals surface area contributed by atoms with Crippen LogP contribution in [0.3, 0.4) is 0 Å². The Bertz CT molecular complexity index is 905. The number of rotatable bonds is 3. The van der Waals surface area contributed by atoms with Gasteiger partial charge in [0.25, 0.3) is 0 Å². The highest BCUT2D eigenvalue weighted by molar-refractivity contribution is 5.93. The molecule has 1 aromatic rings. The van der Waals surface area contributed by atoms with Crippen LogP contribution < -0.4 is 5.32 Å². The van der Waals surface area contributed by atoms with Gasteiger partial charge in [-0.1, -0.05) is 6.07 Å². The van der Waals surface area contributed by atoms with Crippen LogP contribution in [-0.4, -0.2) is 13.1 Å². The van der Waals surface area contributed by atoms with Gasteiger partial charge in [0.1, 0.15) is 5.82 Å². The molecule has 1 aliphatic carbocycles. The number of alkyl halides is 3. The van der Waals surface area contributed by atoms with E-state index < -0.39 is 29.4 Å². The zero-order chi connectivity index (χ0) is 19.9. The maximum absolute atomic E-state index is 13.6. The number of hydrogen-bond donors (Lipinski definition) is 1. The molecular weight excluding hydrogens is 364 g/mol. The van der Waals surface area contributed by atoms with Crippen LogP contribution in [0.2, 0.25) is 0 Å². The van der Waals surface area contributed by atoms with E-state index in [9.17, 15) is 27.6 Å². The molecule has 1 N–H and O–H groups in total. The minimum Gasteiger partial charge on any atom is -0.466 e. The third-order valence-corrected chi connectivity index (χ3v) is 4.74. The molecule has 1 atom stereocenters. The lowest BCUT2D eigenvalue weighted by atomic mass is 9.78. The summed E-state index contributed by atoms with van der Waals surface area (Å²) in [5.41, 5.74) is -0.780. The first-order valence-corrected chi connectivity index (χ1v) is 8.26. The van der Waals surface area contributed by atoms with Crippen LogP contribution in [0.4, 0.5) is 17.6 Å². The van der Waals surface area contributed by atoms with Gasteiger partial charge in [-0.2, -0.15) is 18.4 Å². The molecule has 3 rings (SSSR count). The van der Waals surface area contributed by atoms with Crippen LogP contribution in [0.5, 0.6) is 0 Å². The second-order valence-electron chi connectivity index (χ2n) is 6.53. The van der Waals surface area contributed by atoms with Gasteiger partial charge >= 0.3 is 12.1 Å². The van der Waals surface area contributed by atoms with Crippen molar-refractivity contribution in [3.05, 3.63) is 57.7 Å². The van der Waals surface area contributed by atoms with E-state index in [1.165, 1.54) is 0 Å². The number of carbonyl (C=O) groups is 1. The molecule has 0 bridgehead atoms. The van der Waals surface area contributed by atoms with Gasteiger partial charge in [-0.25, -0.2) is 9.18 Å². The number of nitrogens with one attached hydrogen (secondary N) is 1. The van der Waals surface area contributed by atoms with Crippen LogP contribution in [0.1, 0.15) is 36.8 Å². The number of allylic oxidation sites excluding steroid dienone is 3. The lowest BCUT2D eigenvalue weighted by Gasteiger charge is -2.31. The van der Waals surface area contributed by atoms with Gasteiger partial charge in [0.15, 0.2) is 0 Å². The Labute approximate surface area is 153 Å². The highest BCUT2D eigenvalue weighted by Crippen LogP contribution is 2.48. The molecule has 0 aromatic heterocycles. The van der Waals surface area contributed by atoms with Gasteiger partial charge in [-0.05, 0) is 43.4 Å². The van der Waals surface area contributed by atoms with E-state index >= 15 is 0 Å². The Balaban J connectivity index is 2.31. The van der Waals surface area contributed by atoms with E-state index in [0.29, 0.717) is 17.5 Å². The van der Waals surface area contributed by atoms with E-state index in [4.69, 9.17) is 4.74 Å². The summed E-state index contributed by atoms with van der Waals surface area (Å²) >= 11 is 0. The average Bonchev–Trinajstić information content (AvgIpc) is 3.44. The van der Waals surface area contributed by atoms with E-state index in [1.807, 2.05) is 6.07 Å². The second-order valence-corrected chi connectivity index (χ2v) is 6.53. The molecule has 1 aromatic carbocycles. The summed E-state index contributed by atoms with van der Waals surface area (Å²) in [5, 5.41) is 12.6. The quantitative estimate of drug-likeness (QED) is 0.632. The molecular formula is C19H16F4N2O2.